The van der Waals surface area contributed by atoms with Gasteiger partial charge in [-0.3, -0.25) is 9.59 Å². The van der Waals surface area contributed by atoms with Crippen molar-refractivity contribution in [1.82, 2.24) is 14.7 Å². The lowest BCUT2D eigenvalue weighted by molar-refractivity contribution is -0.118. The number of rotatable bonds is 16. The number of hydrogen-bond donors (Lipinski definition) is 1. The molecule has 4 amide bonds. The van der Waals surface area contributed by atoms with Crippen LogP contribution in [0.5, 0.6) is 17.2 Å². The first-order valence-electron chi connectivity index (χ1n) is 22.6. The van der Waals surface area contributed by atoms with Gasteiger partial charge in [0.2, 0.25) is 5.91 Å². The Morgan fingerprint density at radius 2 is 1.67 bits per heavy atom. The molecule has 2 fully saturated rings. The van der Waals surface area contributed by atoms with Gasteiger partial charge in [0.1, 0.15) is 28.6 Å². The average Bonchev–Trinajstić information content (AvgIpc) is 3.93. The molecule has 3 unspecified atom stereocenters. The molecule has 14 nitrogen and oxygen atoms in total. The fourth-order valence-corrected chi connectivity index (χ4v) is 11.4. The Balaban J connectivity index is 1.00. The van der Waals surface area contributed by atoms with Crippen LogP contribution >= 0.6 is 23.4 Å². The van der Waals surface area contributed by atoms with Gasteiger partial charge >= 0.3 is 12.2 Å². The van der Waals surface area contributed by atoms with E-state index >= 15 is 0 Å². The number of carbonyl (C=O) groups excluding carboxylic acids is 4. The van der Waals surface area contributed by atoms with E-state index in [1.807, 2.05) is 44.3 Å². The molecule has 344 valence electrons. The third kappa shape index (κ3) is 10.2. The minimum atomic E-state index is -1.32. The van der Waals surface area contributed by atoms with Crippen LogP contribution in [0.2, 0.25) is 0 Å². The summed E-state index contributed by atoms with van der Waals surface area (Å²) in [6.07, 6.45) is 2.86. The highest BCUT2D eigenvalue weighted by atomic mass is 35.5. The number of likely N-dealkylation sites (N-methyl/N-ethyl adjacent to an activating group) is 1. The lowest BCUT2D eigenvalue weighted by Gasteiger charge is -2.33. The molecule has 7 rings (SSSR count). The number of nitrogens with zero attached hydrogens (tertiary/aromatic N) is 5. The first-order chi connectivity index (χ1) is 30.8. The Hall–Kier alpha value is -3.91. The summed E-state index contributed by atoms with van der Waals surface area (Å²) >= 11 is 11.2. The predicted molar refractivity (Wildman–Crippen MR) is 252 cm³/mol. The summed E-state index contributed by atoms with van der Waals surface area (Å²) in [6, 6.07) is 12.2. The highest BCUT2D eigenvalue weighted by Crippen LogP contribution is 2.46. The number of hydrogen-bond acceptors (Lipinski definition) is 11. The number of aliphatic hydroxyl groups excluding tert-OH is 1. The third-order valence-electron chi connectivity index (χ3n) is 13.1. The molecule has 0 aliphatic carbocycles. The van der Waals surface area contributed by atoms with Gasteiger partial charge in [-0.25, -0.2) is 14.5 Å². The van der Waals surface area contributed by atoms with E-state index in [0.29, 0.717) is 87.8 Å². The summed E-state index contributed by atoms with van der Waals surface area (Å²) in [4.78, 5) is 63.6. The SMILES string of the molecule is CC[C]([Al])(CC)SC(C)COC(=O)N1c2cc(OCCCCCC(=O)N3CC(CCl)c4c3cc(OC(=O)N3CCN(C)CC3)c3ccccc43)c(OC)cc2C(=O)N2CCC[C@H]2C1O. The number of piperazine rings is 1. The van der Waals surface area contributed by atoms with Crippen LogP contribution in [-0.2, 0) is 9.53 Å². The lowest BCUT2D eigenvalue weighted by Crippen LogP contribution is -2.51. The van der Waals surface area contributed by atoms with E-state index in [-0.39, 0.29) is 51.1 Å². The Morgan fingerprint density at radius 3 is 2.38 bits per heavy atom. The van der Waals surface area contributed by atoms with Crippen LogP contribution in [0.15, 0.2) is 42.5 Å². The highest BCUT2D eigenvalue weighted by molar-refractivity contribution is 8.02. The number of ether oxygens (including phenoxy) is 4. The minimum Gasteiger partial charge on any atom is -0.493 e. The summed E-state index contributed by atoms with van der Waals surface area (Å²) < 4.78 is 23.8. The van der Waals surface area contributed by atoms with Gasteiger partial charge in [0.25, 0.3) is 5.91 Å². The van der Waals surface area contributed by atoms with Crippen molar-refractivity contribution in [2.75, 3.05) is 82.3 Å². The fraction of sp³-hybridized carbons (Fsp3) is 0.574. The van der Waals surface area contributed by atoms with Crippen molar-refractivity contribution in [3.63, 3.8) is 0 Å². The van der Waals surface area contributed by atoms with Crippen molar-refractivity contribution >= 4 is 85.8 Å². The molecule has 2 radical (unpaired) electrons. The van der Waals surface area contributed by atoms with E-state index < -0.39 is 24.5 Å². The topological polar surface area (TPSA) is 142 Å². The van der Waals surface area contributed by atoms with Gasteiger partial charge in [-0.05, 0) is 56.2 Å². The molecular formula is C47H61AlClN5O9S. The molecule has 4 atom stereocenters. The van der Waals surface area contributed by atoms with E-state index in [2.05, 4.69) is 35.0 Å². The fourth-order valence-electron chi connectivity index (χ4n) is 9.21. The van der Waals surface area contributed by atoms with Gasteiger partial charge in [-0.1, -0.05) is 61.5 Å². The van der Waals surface area contributed by atoms with Gasteiger partial charge in [-0.2, -0.15) is 11.8 Å². The Bertz CT molecular complexity index is 2190. The average molecular weight is 935 g/mol. The smallest absolute Gasteiger partial charge is 0.416 e. The maximum absolute atomic E-state index is 13.9. The molecular weight excluding hydrogens is 873 g/mol. The van der Waals surface area contributed by atoms with E-state index in [4.69, 9.17) is 30.5 Å². The molecule has 0 saturated carbocycles. The number of amides is 4. The second-order valence-electron chi connectivity index (χ2n) is 17.3. The molecule has 17 heteroatoms. The van der Waals surface area contributed by atoms with Gasteiger partial charge in [0, 0.05) is 80.3 Å². The van der Waals surface area contributed by atoms with E-state index in [1.165, 1.54) is 12.0 Å². The van der Waals surface area contributed by atoms with E-state index in [9.17, 15) is 24.3 Å². The van der Waals surface area contributed by atoms with Crippen molar-refractivity contribution in [3.8, 4) is 17.2 Å². The first-order valence-corrected chi connectivity index (χ1v) is 24.6. The summed E-state index contributed by atoms with van der Waals surface area (Å²) in [5.74, 6) is 0.992. The molecule has 64 heavy (non-hydrogen) atoms. The number of unbranched alkanes of at least 4 members (excludes halogenated alkanes) is 2. The van der Waals surface area contributed by atoms with E-state index in [1.54, 1.807) is 38.6 Å². The van der Waals surface area contributed by atoms with Crippen LogP contribution in [0, 0.1) is 0 Å². The predicted octanol–water partition coefficient (Wildman–Crippen LogP) is 7.59. The number of carbonyl (C=O) groups is 4. The lowest BCUT2D eigenvalue weighted by atomic mass is 9.95. The number of thioether (sulfide) groups is 1. The van der Waals surface area contributed by atoms with Crippen LogP contribution in [0.4, 0.5) is 21.0 Å². The van der Waals surface area contributed by atoms with Crippen LogP contribution < -0.4 is 24.0 Å². The van der Waals surface area contributed by atoms with Crippen LogP contribution in [0.25, 0.3) is 10.8 Å². The number of alkyl halides is 1. The molecule has 1 N–H and O–H groups in total. The molecule has 4 aliphatic rings. The van der Waals surface area contributed by atoms with Crippen molar-refractivity contribution in [1.29, 1.82) is 0 Å². The largest absolute Gasteiger partial charge is 0.493 e. The molecule has 3 aromatic carbocycles. The molecule has 3 aromatic rings. The normalized spacial score (nSPS) is 20.4. The molecule has 0 bridgehead atoms. The number of methoxy groups -OCH3 is 1. The van der Waals surface area contributed by atoms with Crippen molar-refractivity contribution < 1.29 is 43.2 Å². The zero-order valence-corrected chi connectivity index (χ0v) is 40.4. The second kappa shape index (κ2) is 21.2. The number of benzene rings is 3. The maximum Gasteiger partial charge on any atom is 0.416 e. The monoisotopic (exact) mass is 933 g/mol. The van der Waals surface area contributed by atoms with Gasteiger partial charge in [-0.15, -0.1) is 11.6 Å². The summed E-state index contributed by atoms with van der Waals surface area (Å²) in [5, 5.41) is 13.4. The summed E-state index contributed by atoms with van der Waals surface area (Å²) in [5.41, 5.74) is 2.13. The maximum atomic E-state index is 13.9. The van der Waals surface area contributed by atoms with Gasteiger partial charge in [0.05, 0.1) is 36.7 Å². The van der Waals surface area contributed by atoms with Gasteiger partial charge < -0.3 is 43.7 Å². The zero-order valence-electron chi connectivity index (χ0n) is 37.7. The molecule has 0 spiro atoms. The zero-order chi connectivity index (χ0) is 45.7. The number of fused-ring (bicyclic) bond motifs is 5. The number of aliphatic hydroxyl groups is 1. The quantitative estimate of drug-likeness (QED) is 0.0863. The Morgan fingerprint density at radius 1 is 0.953 bits per heavy atom. The Labute approximate surface area is 394 Å². The van der Waals surface area contributed by atoms with Crippen molar-refractivity contribution in [3.05, 3.63) is 53.6 Å². The van der Waals surface area contributed by atoms with E-state index in [0.717, 1.165) is 48.0 Å². The third-order valence-corrected chi connectivity index (χ3v) is 16.3. The highest BCUT2D eigenvalue weighted by Gasteiger charge is 2.45. The first kappa shape index (κ1) is 48.0. The number of halogens is 1. The molecule has 0 aromatic heterocycles. The van der Waals surface area contributed by atoms with Crippen LogP contribution in [0.1, 0.15) is 94.0 Å². The summed E-state index contributed by atoms with van der Waals surface area (Å²) in [7, 11) is 3.52. The van der Waals surface area contributed by atoms with Crippen molar-refractivity contribution in [2.45, 2.75) is 99.2 Å². The molecule has 4 aliphatic heterocycles. The minimum absolute atomic E-state index is 0.00894. The van der Waals surface area contributed by atoms with Gasteiger partial charge in [0.15, 0.2) is 17.7 Å². The molecule has 2 saturated heterocycles. The second-order valence-corrected chi connectivity index (χ2v) is 21.0. The standard InChI is InChI=1S/C47H61ClN5O9S.Al/c1-6-32(7-2)63-30(3)29-61-47(58)53-37-25-41(40(59-5)24-35(37)44(55)51-18-13-16-36(51)45(53)56)60-23-12-8-9-17-42(54)52-28-31(27-48)43-34-15-11-10-14-33(34)39(26-38(43)52)62-46(57)50-21-19-49(4)20-22-50;/h10-11,14-15,24-26,30-31,36,45,56H,6-9,12-13,16-23,27-29H2,1-5H3;/t30?,31?,36-,45?;/m0./s1. The molecule has 4 heterocycles. The van der Waals surface area contributed by atoms with Crippen LogP contribution in [-0.4, -0.2) is 154 Å². The van der Waals surface area contributed by atoms with Crippen LogP contribution in [0.3, 0.4) is 0 Å². The van der Waals surface area contributed by atoms with Crippen molar-refractivity contribution in [2.24, 2.45) is 0 Å². The Kier molecular flexibility index (Phi) is 15.9. The summed E-state index contributed by atoms with van der Waals surface area (Å²) in [6.45, 7) is 10.3. The number of anilines is 2.